The molecule has 0 aliphatic carbocycles. The minimum Gasteiger partial charge on any atom is -0.494 e. The van der Waals surface area contributed by atoms with Crippen molar-refractivity contribution in [2.24, 2.45) is 0 Å². The molecule has 0 radical (unpaired) electrons. The van der Waals surface area contributed by atoms with Crippen LogP contribution < -0.4 is 5.56 Å². The van der Waals surface area contributed by atoms with Gasteiger partial charge in [0, 0.05) is 0 Å². The van der Waals surface area contributed by atoms with Crippen LogP contribution in [0.4, 0.5) is 0 Å². The number of hydrogen-bond acceptors (Lipinski definition) is 5. The molecule has 0 bridgehead atoms. The molecule has 1 heterocycles. The summed E-state index contributed by atoms with van der Waals surface area (Å²) in [5.74, 6) is -0.986. The SMILES string of the molecule is CCOC(=O)Cc1c(O)[nH]c(=S)[nH]c1=O. The maximum Gasteiger partial charge on any atom is 0.310 e. The predicted octanol–water partition coefficient (Wildman–Crippen LogP) is 0.244. The third kappa shape index (κ3) is 2.91. The first kappa shape index (κ1) is 11.4. The maximum atomic E-state index is 11.3. The van der Waals surface area contributed by atoms with Crippen molar-refractivity contribution in [2.75, 3.05) is 6.61 Å². The lowest BCUT2D eigenvalue weighted by atomic mass is 10.2. The number of carbonyl (C=O) groups is 1. The van der Waals surface area contributed by atoms with Crippen LogP contribution in [0.5, 0.6) is 5.88 Å². The van der Waals surface area contributed by atoms with Crippen molar-refractivity contribution in [1.82, 2.24) is 9.97 Å². The summed E-state index contributed by atoms with van der Waals surface area (Å²) in [6.07, 6.45) is -0.291. The minimum absolute atomic E-state index is 0.00473. The molecule has 0 unspecified atom stereocenters. The Labute approximate surface area is 89.9 Å². The van der Waals surface area contributed by atoms with Crippen molar-refractivity contribution in [3.63, 3.8) is 0 Å². The molecule has 0 amide bonds. The molecule has 82 valence electrons. The number of aromatic nitrogens is 2. The maximum absolute atomic E-state index is 11.3. The van der Waals surface area contributed by atoms with Gasteiger partial charge in [-0.3, -0.25) is 14.6 Å². The summed E-state index contributed by atoms with van der Waals surface area (Å²) in [7, 11) is 0. The second kappa shape index (κ2) is 4.74. The Balaban J connectivity index is 3.00. The van der Waals surface area contributed by atoms with E-state index in [0.29, 0.717) is 0 Å². The Morgan fingerprint density at radius 2 is 2.20 bits per heavy atom. The molecule has 6 nitrogen and oxygen atoms in total. The Bertz CT molecular complexity index is 476. The van der Waals surface area contributed by atoms with E-state index in [1.54, 1.807) is 6.92 Å². The van der Waals surface area contributed by atoms with E-state index in [9.17, 15) is 14.7 Å². The first-order valence-corrected chi connectivity index (χ1v) is 4.65. The number of hydrogen-bond donors (Lipinski definition) is 3. The van der Waals surface area contributed by atoms with Gasteiger partial charge in [0.2, 0.25) is 0 Å². The molecular weight excluding hydrogens is 220 g/mol. The molecular formula is C8H10N2O4S. The van der Waals surface area contributed by atoms with E-state index >= 15 is 0 Å². The number of rotatable bonds is 3. The van der Waals surface area contributed by atoms with Crippen LogP contribution >= 0.6 is 12.2 Å². The smallest absolute Gasteiger partial charge is 0.310 e. The van der Waals surface area contributed by atoms with Gasteiger partial charge in [-0.05, 0) is 19.1 Å². The van der Waals surface area contributed by atoms with Gasteiger partial charge in [-0.1, -0.05) is 0 Å². The third-order valence-electron chi connectivity index (χ3n) is 1.65. The number of aromatic hydroxyl groups is 1. The number of ether oxygens (including phenoxy) is 1. The summed E-state index contributed by atoms with van der Waals surface area (Å²) in [4.78, 5) is 27.0. The molecule has 1 rings (SSSR count). The lowest BCUT2D eigenvalue weighted by molar-refractivity contribution is -0.142. The molecule has 0 saturated carbocycles. The highest BCUT2D eigenvalue weighted by molar-refractivity contribution is 7.71. The highest BCUT2D eigenvalue weighted by Gasteiger charge is 2.12. The van der Waals surface area contributed by atoms with E-state index in [4.69, 9.17) is 0 Å². The zero-order valence-electron chi connectivity index (χ0n) is 7.99. The number of H-pyrrole nitrogens is 2. The molecule has 15 heavy (non-hydrogen) atoms. The van der Waals surface area contributed by atoms with E-state index in [2.05, 4.69) is 26.9 Å². The summed E-state index contributed by atoms with van der Waals surface area (Å²) in [6.45, 7) is 1.88. The van der Waals surface area contributed by atoms with Crippen LogP contribution in [0.25, 0.3) is 0 Å². The molecule has 0 aromatic carbocycles. The molecule has 7 heteroatoms. The largest absolute Gasteiger partial charge is 0.494 e. The van der Waals surface area contributed by atoms with E-state index < -0.39 is 17.4 Å². The van der Waals surface area contributed by atoms with Gasteiger partial charge < -0.3 is 14.8 Å². The lowest BCUT2D eigenvalue weighted by Crippen LogP contribution is -2.19. The Morgan fingerprint density at radius 1 is 1.53 bits per heavy atom. The third-order valence-corrected chi connectivity index (χ3v) is 1.85. The topological polar surface area (TPSA) is 95.2 Å². The first-order chi connectivity index (χ1) is 7.04. The van der Waals surface area contributed by atoms with Gasteiger partial charge in [-0.15, -0.1) is 0 Å². The molecule has 0 aliphatic heterocycles. The number of nitrogens with one attached hydrogen (secondary N) is 2. The first-order valence-electron chi connectivity index (χ1n) is 4.24. The highest BCUT2D eigenvalue weighted by atomic mass is 32.1. The van der Waals surface area contributed by atoms with Gasteiger partial charge in [-0.2, -0.15) is 0 Å². The molecule has 0 aliphatic rings. The monoisotopic (exact) mass is 230 g/mol. The zero-order chi connectivity index (χ0) is 11.4. The Morgan fingerprint density at radius 3 is 2.73 bits per heavy atom. The molecule has 3 N–H and O–H groups in total. The standard InChI is InChI=1S/C8H10N2O4S/c1-2-14-5(11)3-4-6(12)9-8(15)10-7(4)13/h2-3H2,1H3,(H3,9,10,12,13,15). The van der Waals surface area contributed by atoms with Crippen LogP contribution in [0.15, 0.2) is 4.79 Å². The number of esters is 1. The van der Waals surface area contributed by atoms with E-state index in [1.165, 1.54) is 0 Å². The fraction of sp³-hybridized carbons (Fsp3) is 0.375. The quantitative estimate of drug-likeness (QED) is 0.511. The number of carbonyl (C=O) groups excluding carboxylic acids is 1. The summed E-state index contributed by atoms with van der Waals surface area (Å²) in [6, 6.07) is 0. The van der Waals surface area contributed by atoms with Gasteiger partial charge in [0.25, 0.3) is 5.56 Å². The van der Waals surface area contributed by atoms with E-state index in [1.807, 2.05) is 0 Å². The summed E-state index contributed by atoms with van der Waals surface area (Å²) >= 11 is 4.62. The normalized spacial score (nSPS) is 9.93. The molecule has 0 saturated heterocycles. The van der Waals surface area contributed by atoms with Gasteiger partial charge >= 0.3 is 5.97 Å². The predicted molar refractivity (Wildman–Crippen MR) is 54.2 cm³/mol. The van der Waals surface area contributed by atoms with Gasteiger partial charge in [0.05, 0.1) is 18.6 Å². The van der Waals surface area contributed by atoms with Crippen molar-refractivity contribution in [1.29, 1.82) is 0 Å². The average molecular weight is 230 g/mol. The van der Waals surface area contributed by atoms with Crippen LogP contribution in [0, 0.1) is 4.77 Å². The fourth-order valence-electron chi connectivity index (χ4n) is 1.02. The molecule has 0 atom stereocenters. The van der Waals surface area contributed by atoms with Crippen molar-refractivity contribution >= 4 is 18.2 Å². The van der Waals surface area contributed by atoms with Crippen molar-refractivity contribution < 1.29 is 14.6 Å². The second-order valence-corrected chi connectivity index (χ2v) is 3.13. The van der Waals surface area contributed by atoms with E-state index in [0.717, 1.165) is 0 Å². The van der Waals surface area contributed by atoms with Crippen LogP contribution in [-0.4, -0.2) is 27.7 Å². The van der Waals surface area contributed by atoms with Crippen molar-refractivity contribution in [3.05, 3.63) is 20.7 Å². The second-order valence-electron chi connectivity index (χ2n) is 2.72. The minimum atomic E-state index is -0.593. The molecule has 1 aromatic heterocycles. The summed E-state index contributed by atoms with van der Waals surface area (Å²) < 4.78 is 4.65. The van der Waals surface area contributed by atoms with Gasteiger partial charge in [0.1, 0.15) is 0 Å². The fourth-order valence-corrected chi connectivity index (χ4v) is 1.21. The molecule has 0 spiro atoms. The lowest BCUT2D eigenvalue weighted by Gasteiger charge is -2.02. The van der Waals surface area contributed by atoms with E-state index in [-0.39, 0.29) is 23.4 Å². The molecule has 1 aromatic rings. The highest BCUT2D eigenvalue weighted by Crippen LogP contribution is 2.08. The van der Waals surface area contributed by atoms with Crippen molar-refractivity contribution in [3.8, 4) is 5.88 Å². The molecule has 0 fully saturated rings. The van der Waals surface area contributed by atoms with Gasteiger partial charge in [0.15, 0.2) is 10.7 Å². The van der Waals surface area contributed by atoms with Gasteiger partial charge in [-0.25, -0.2) is 0 Å². The summed E-state index contributed by atoms with van der Waals surface area (Å²) in [5.41, 5.74) is -0.675. The van der Waals surface area contributed by atoms with Crippen LogP contribution in [0.2, 0.25) is 0 Å². The van der Waals surface area contributed by atoms with Crippen LogP contribution in [0.1, 0.15) is 12.5 Å². The van der Waals surface area contributed by atoms with Crippen LogP contribution in [-0.2, 0) is 16.0 Å². The zero-order valence-corrected chi connectivity index (χ0v) is 8.81. The van der Waals surface area contributed by atoms with Crippen LogP contribution in [0.3, 0.4) is 0 Å². The average Bonchev–Trinajstić information content (AvgIpc) is 2.11. The Hall–Kier alpha value is -1.63. The number of aromatic amines is 2. The summed E-state index contributed by atoms with van der Waals surface area (Å²) in [5, 5.41) is 9.34. The van der Waals surface area contributed by atoms with Crippen molar-refractivity contribution in [2.45, 2.75) is 13.3 Å². The Kier molecular flexibility index (Phi) is 3.62.